The number of aryl methyl sites for hydroxylation is 1. The van der Waals surface area contributed by atoms with Gasteiger partial charge in [-0.3, -0.25) is 4.79 Å². The maximum atomic E-state index is 12.6. The molecule has 0 radical (unpaired) electrons. The normalized spacial score (nSPS) is 12.4. The van der Waals surface area contributed by atoms with E-state index in [1.165, 1.54) is 6.92 Å². The van der Waals surface area contributed by atoms with Crippen molar-refractivity contribution < 1.29 is 13.2 Å². The summed E-state index contributed by atoms with van der Waals surface area (Å²) in [6.07, 6.45) is 0. The van der Waals surface area contributed by atoms with Gasteiger partial charge in [0.15, 0.2) is 9.84 Å². The molecule has 1 atom stereocenters. The van der Waals surface area contributed by atoms with E-state index >= 15 is 0 Å². The summed E-state index contributed by atoms with van der Waals surface area (Å²) in [6, 6.07) is 15.4. The van der Waals surface area contributed by atoms with E-state index in [0.717, 1.165) is 5.56 Å². The van der Waals surface area contributed by atoms with Crippen LogP contribution in [0.2, 0.25) is 0 Å². The fourth-order valence-corrected chi connectivity index (χ4v) is 3.44. The van der Waals surface area contributed by atoms with Gasteiger partial charge in [-0.05, 0) is 38.1 Å². The van der Waals surface area contributed by atoms with Crippen LogP contribution >= 0.6 is 0 Å². The van der Waals surface area contributed by atoms with Gasteiger partial charge in [0.1, 0.15) is 0 Å². The Hall–Kier alpha value is -2.40. The van der Waals surface area contributed by atoms with E-state index in [9.17, 15) is 13.2 Å². The molecular formula is C18H19NO3S. The second-order valence-corrected chi connectivity index (χ2v) is 7.61. The highest BCUT2D eigenvalue weighted by Crippen LogP contribution is 2.22. The molecule has 0 aliphatic rings. The Bertz CT molecular complexity index is 809. The number of benzene rings is 2. The lowest BCUT2D eigenvalue weighted by atomic mass is 10.2. The number of para-hydroxylation sites is 1. The van der Waals surface area contributed by atoms with Crippen molar-refractivity contribution in [3.8, 4) is 0 Å². The summed E-state index contributed by atoms with van der Waals surface area (Å²) in [5, 5.41) is 1.65. The highest BCUT2D eigenvalue weighted by atomic mass is 32.2. The van der Waals surface area contributed by atoms with E-state index in [2.05, 4.69) is 11.9 Å². The Morgan fingerprint density at radius 2 is 1.61 bits per heavy atom. The molecule has 4 nitrogen and oxygen atoms in total. The number of anilines is 1. The molecule has 1 unspecified atom stereocenters. The maximum Gasteiger partial charge on any atom is 0.252 e. The Labute approximate surface area is 136 Å². The van der Waals surface area contributed by atoms with Gasteiger partial charge in [0.05, 0.1) is 10.1 Å². The fraction of sp³-hybridized carbons (Fsp3) is 0.167. The molecule has 120 valence electrons. The predicted molar refractivity (Wildman–Crippen MR) is 92.0 cm³/mol. The average molecular weight is 329 g/mol. The van der Waals surface area contributed by atoms with Crippen molar-refractivity contribution in [2.75, 3.05) is 5.32 Å². The highest BCUT2D eigenvalue weighted by Gasteiger charge is 2.29. The van der Waals surface area contributed by atoms with Crippen LogP contribution in [0.4, 0.5) is 5.69 Å². The molecule has 23 heavy (non-hydrogen) atoms. The van der Waals surface area contributed by atoms with Gasteiger partial charge in [-0.25, -0.2) is 8.42 Å². The number of rotatable bonds is 5. The summed E-state index contributed by atoms with van der Waals surface area (Å²) in [6.45, 7) is 7.02. The van der Waals surface area contributed by atoms with Crippen LogP contribution in [-0.2, 0) is 14.6 Å². The molecule has 0 aliphatic carbocycles. The van der Waals surface area contributed by atoms with Crippen LogP contribution in [0.3, 0.4) is 0 Å². The van der Waals surface area contributed by atoms with Crippen LogP contribution in [0, 0.1) is 6.92 Å². The Kier molecular flexibility index (Phi) is 5.01. The van der Waals surface area contributed by atoms with Gasteiger partial charge in [0, 0.05) is 11.3 Å². The third kappa shape index (κ3) is 3.87. The first kappa shape index (κ1) is 17.0. The zero-order valence-corrected chi connectivity index (χ0v) is 13.9. The summed E-state index contributed by atoms with van der Waals surface area (Å²) in [7, 11) is -3.65. The first-order valence-corrected chi connectivity index (χ1v) is 8.73. The maximum absolute atomic E-state index is 12.6. The van der Waals surface area contributed by atoms with Crippen LogP contribution in [0.25, 0.3) is 0 Å². The number of carbonyl (C=O) groups excluding carboxylic acids is 1. The van der Waals surface area contributed by atoms with Crippen molar-refractivity contribution in [3.05, 3.63) is 72.3 Å². The molecule has 0 bridgehead atoms. The summed E-state index contributed by atoms with van der Waals surface area (Å²) < 4.78 is 25.2. The van der Waals surface area contributed by atoms with Crippen LogP contribution in [0.1, 0.15) is 12.5 Å². The summed E-state index contributed by atoms with van der Waals surface area (Å²) >= 11 is 0. The van der Waals surface area contributed by atoms with Gasteiger partial charge in [-0.2, -0.15) is 0 Å². The molecule has 0 saturated heterocycles. The first-order valence-electron chi connectivity index (χ1n) is 7.18. The number of hydrogen-bond donors (Lipinski definition) is 1. The second-order valence-electron chi connectivity index (χ2n) is 5.35. The van der Waals surface area contributed by atoms with E-state index in [0.29, 0.717) is 5.69 Å². The molecule has 0 fully saturated rings. The van der Waals surface area contributed by atoms with Crippen LogP contribution in [-0.4, -0.2) is 19.6 Å². The van der Waals surface area contributed by atoms with Crippen LogP contribution in [0.5, 0.6) is 0 Å². The van der Waals surface area contributed by atoms with Gasteiger partial charge in [0.25, 0.3) is 5.91 Å². The third-order valence-electron chi connectivity index (χ3n) is 3.63. The van der Waals surface area contributed by atoms with Crippen molar-refractivity contribution in [1.82, 2.24) is 0 Å². The van der Waals surface area contributed by atoms with E-state index in [1.807, 2.05) is 13.0 Å². The standard InChI is InChI=1S/C18H19NO3S/c1-13-9-11-17(12-10-13)23(21,22)15(3)14(2)18(20)19-16-7-5-4-6-8-16/h4-12,15H,2H2,1,3H3,(H,19,20). The molecule has 0 aromatic heterocycles. The zero-order valence-electron chi connectivity index (χ0n) is 13.1. The average Bonchev–Trinajstić information content (AvgIpc) is 2.54. The Morgan fingerprint density at radius 1 is 1.04 bits per heavy atom. The summed E-state index contributed by atoms with van der Waals surface area (Å²) in [4.78, 5) is 12.4. The number of amides is 1. The SMILES string of the molecule is C=C(C(=O)Nc1ccccc1)C(C)S(=O)(=O)c1ccc(C)cc1. The molecular weight excluding hydrogens is 310 g/mol. The monoisotopic (exact) mass is 329 g/mol. The first-order chi connectivity index (χ1) is 10.8. The molecule has 1 N–H and O–H groups in total. The molecule has 0 spiro atoms. The van der Waals surface area contributed by atoms with Gasteiger partial charge >= 0.3 is 0 Å². The smallest absolute Gasteiger partial charge is 0.252 e. The Balaban J connectivity index is 2.18. The third-order valence-corrected chi connectivity index (χ3v) is 5.77. The van der Waals surface area contributed by atoms with E-state index < -0.39 is 21.0 Å². The molecule has 0 saturated carbocycles. The summed E-state index contributed by atoms with van der Waals surface area (Å²) in [5.41, 5.74) is 1.57. The quantitative estimate of drug-likeness (QED) is 0.856. The largest absolute Gasteiger partial charge is 0.322 e. The predicted octanol–water partition coefficient (Wildman–Crippen LogP) is 3.35. The lowest BCUT2D eigenvalue weighted by Gasteiger charge is -2.16. The van der Waals surface area contributed by atoms with Crippen LogP contribution < -0.4 is 5.32 Å². The zero-order chi connectivity index (χ0) is 17.0. The lowest BCUT2D eigenvalue weighted by molar-refractivity contribution is -0.112. The number of sulfone groups is 1. The van der Waals surface area contributed by atoms with E-state index in [-0.39, 0.29) is 10.5 Å². The Morgan fingerprint density at radius 3 is 2.17 bits per heavy atom. The van der Waals surface area contributed by atoms with E-state index in [4.69, 9.17) is 0 Å². The van der Waals surface area contributed by atoms with Crippen LogP contribution in [0.15, 0.2) is 71.6 Å². The molecule has 0 heterocycles. The lowest BCUT2D eigenvalue weighted by Crippen LogP contribution is -2.27. The molecule has 0 aliphatic heterocycles. The fourth-order valence-electron chi connectivity index (χ4n) is 2.04. The van der Waals surface area contributed by atoms with Crippen molar-refractivity contribution in [2.45, 2.75) is 24.0 Å². The molecule has 2 aromatic carbocycles. The van der Waals surface area contributed by atoms with Gasteiger partial charge in [-0.1, -0.05) is 42.5 Å². The molecule has 1 amide bonds. The van der Waals surface area contributed by atoms with Crippen molar-refractivity contribution >= 4 is 21.4 Å². The minimum absolute atomic E-state index is 0.00873. The minimum Gasteiger partial charge on any atom is -0.322 e. The summed E-state index contributed by atoms with van der Waals surface area (Å²) in [5.74, 6) is -0.501. The number of carbonyl (C=O) groups is 1. The van der Waals surface area contributed by atoms with Crippen molar-refractivity contribution in [1.29, 1.82) is 0 Å². The number of nitrogens with one attached hydrogen (secondary N) is 1. The van der Waals surface area contributed by atoms with Crippen molar-refractivity contribution in [3.63, 3.8) is 0 Å². The minimum atomic E-state index is -3.65. The highest BCUT2D eigenvalue weighted by molar-refractivity contribution is 7.92. The molecule has 2 rings (SSSR count). The van der Waals surface area contributed by atoms with E-state index in [1.54, 1.807) is 48.5 Å². The second kappa shape index (κ2) is 6.79. The topological polar surface area (TPSA) is 63.2 Å². The van der Waals surface area contributed by atoms with Crippen molar-refractivity contribution in [2.24, 2.45) is 0 Å². The molecule has 5 heteroatoms. The molecule has 2 aromatic rings. The van der Waals surface area contributed by atoms with Gasteiger partial charge in [0.2, 0.25) is 0 Å². The van der Waals surface area contributed by atoms with Gasteiger partial charge < -0.3 is 5.32 Å². The number of hydrogen-bond acceptors (Lipinski definition) is 3. The van der Waals surface area contributed by atoms with Gasteiger partial charge in [-0.15, -0.1) is 0 Å².